The molecule has 4 rings (SSSR count). The minimum Gasteiger partial charge on any atom is -1.00 e. The standard InChI is InChI=1S/C15H14N.C5H5.C3H6.2ClH.Zr/c1-16(2)14-9-5-7-12-10-11-6-3-4-8-13(11)15(12)14;1-2-4-5-3-1;1-3-2;;;/h3-6,8-9H,10H2,1-2H3;1-3H,4H2;1-2H3;2*1H;/q;;;;;+2/p-2. The number of hydrogen-bond acceptors (Lipinski definition) is 1. The molecule has 0 unspecified atom stereocenters. The van der Waals surface area contributed by atoms with Gasteiger partial charge >= 0.3 is 159 Å². The van der Waals surface area contributed by atoms with Crippen molar-refractivity contribution in [3.05, 3.63) is 69.0 Å². The van der Waals surface area contributed by atoms with E-state index in [1.165, 1.54) is 22.4 Å². The number of nitrogens with zero attached hydrogens (tertiary/aromatic N) is 1. The van der Waals surface area contributed by atoms with E-state index in [-0.39, 0.29) is 24.8 Å². The van der Waals surface area contributed by atoms with Crippen LogP contribution in [0.4, 0.5) is 5.69 Å². The van der Waals surface area contributed by atoms with Crippen LogP contribution in [-0.2, 0) is 27.7 Å². The Balaban J connectivity index is 0.00000131. The van der Waals surface area contributed by atoms with E-state index >= 15 is 0 Å². The van der Waals surface area contributed by atoms with Crippen LogP contribution in [0, 0.1) is 0 Å². The zero-order chi connectivity index (χ0) is 17.6. The first-order chi connectivity index (χ1) is 12.1. The quantitative estimate of drug-likeness (QED) is 0.450. The summed E-state index contributed by atoms with van der Waals surface area (Å²) in [5, 5.41) is 0. The normalized spacial score (nSPS) is 12.8. The number of halogens is 2. The van der Waals surface area contributed by atoms with Crippen LogP contribution in [0.5, 0.6) is 0 Å². The number of anilines is 1. The van der Waals surface area contributed by atoms with E-state index in [1.807, 2.05) is 0 Å². The molecule has 0 fully saturated rings. The van der Waals surface area contributed by atoms with Crippen LogP contribution in [0.25, 0.3) is 11.1 Å². The molecule has 0 amide bonds. The van der Waals surface area contributed by atoms with Gasteiger partial charge in [0.2, 0.25) is 0 Å². The average molecular weight is 478 g/mol. The van der Waals surface area contributed by atoms with E-state index < -0.39 is 21.3 Å². The molecular formula is C23H25Cl2NZr. The molecule has 140 valence electrons. The van der Waals surface area contributed by atoms with Crippen LogP contribution in [0.1, 0.15) is 31.4 Å². The van der Waals surface area contributed by atoms with Gasteiger partial charge in [0.1, 0.15) is 0 Å². The van der Waals surface area contributed by atoms with Crippen molar-refractivity contribution in [1.29, 1.82) is 0 Å². The second-order valence-electron chi connectivity index (χ2n) is 7.41. The van der Waals surface area contributed by atoms with Gasteiger partial charge in [-0.05, 0) is 0 Å². The van der Waals surface area contributed by atoms with Crippen molar-refractivity contribution in [3.63, 3.8) is 0 Å². The predicted molar refractivity (Wildman–Crippen MR) is 107 cm³/mol. The summed E-state index contributed by atoms with van der Waals surface area (Å²) in [7, 11) is 4.33. The van der Waals surface area contributed by atoms with E-state index in [1.54, 1.807) is 15.3 Å². The van der Waals surface area contributed by atoms with E-state index in [0.717, 1.165) is 12.8 Å². The maximum absolute atomic E-state index is 2.46. The van der Waals surface area contributed by atoms with Gasteiger partial charge in [0.25, 0.3) is 0 Å². The van der Waals surface area contributed by atoms with Crippen molar-refractivity contribution in [2.24, 2.45) is 0 Å². The first-order valence-electron chi connectivity index (χ1n) is 9.03. The second kappa shape index (κ2) is 9.04. The van der Waals surface area contributed by atoms with Gasteiger partial charge in [0.15, 0.2) is 0 Å². The monoisotopic (exact) mass is 475 g/mol. The smallest absolute Gasteiger partial charge is 1.00 e. The molecule has 0 atom stereocenters. The van der Waals surface area contributed by atoms with Gasteiger partial charge in [-0.15, -0.1) is 0 Å². The van der Waals surface area contributed by atoms with Crippen molar-refractivity contribution >= 4 is 12.2 Å². The summed E-state index contributed by atoms with van der Waals surface area (Å²) in [5.41, 5.74) is 7.39. The van der Waals surface area contributed by atoms with E-state index in [2.05, 4.69) is 87.5 Å². The van der Waals surface area contributed by atoms with E-state index in [0.29, 0.717) is 0 Å². The largest absolute Gasteiger partial charge is 1.00 e. The zero-order valence-electron chi connectivity index (χ0n) is 16.3. The molecule has 0 saturated carbocycles. The molecule has 27 heavy (non-hydrogen) atoms. The molecule has 0 N–H and O–H groups in total. The molecule has 0 saturated heterocycles. The SMILES string of the molecule is C[C](C)=[Zr+2]([C]1=CC=CC1)[c]1ccc(N(C)C)c2c1Cc1ccccc1-2.[Cl-].[Cl-]. The zero-order valence-corrected chi connectivity index (χ0v) is 20.3. The molecule has 2 aromatic rings. The molecule has 0 aromatic heterocycles. The second-order valence-corrected chi connectivity index (χ2v) is 14.6. The fourth-order valence-electron chi connectivity index (χ4n) is 4.23. The number of rotatable bonds is 3. The topological polar surface area (TPSA) is 3.24 Å². The fourth-order valence-corrected chi connectivity index (χ4v) is 11.3. The van der Waals surface area contributed by atoms with Crippen LogP contribution in [0.3, 0.4) is 0 Å². The third-order valence-corrected chi connectivity index (χ3v) is 12.7. The van der Waals surface area contributed by atoms with Crippen LogP contribution >= 0.6 is 0 Å². The maximum Gasteiger partial charge on any atom is -1.00 e. The molecule has 0 heterocycles. The summed E-state index contributed by atoms with van der Waals surface area (Å²) in [6.07, 6.45) is 9.23. The van der Waals surface area contributed by atoms with E-state index in [9.17, 15) is 0 Å². The third kappa shape index (κ3) is 3.95. The van der Waals surface area contributed by atoms with Gasteiger partial charge in [-0.25, -0.2) is 0 Å². The minimum absolute atomic E-state index is 0. The molecule has 4 heteroatoms. The maximum atomic E-state index is 2.46. The van der Waals surface area contributed by atoms with Crippen molar-refractivity contribution in [1.82, 2.24) is 0 Å². The number of hydrogen-bond donors (Lipinski definition) is 0. The Bertz CT molecular complexity index is 951. The Hall–Kier alpha value is -0.947. The Morgan fingerprint density at radius 1 is 1.00 bits per heavy atom. The first kappa shape index (κ1) is 22.3. The van der Waals surface area contributed by atoms with E-state index in [4.69, 9.17) is 0 Å². The summed E-state index contributed by atoms with van der Waals surface area (Å²) in [6, 6.07) is 13.8. The Morgan fingerprint density at radius 2 is 1.74 bits per heavy atom. The average Bonchev–Trinajstić information content (AvgIpc) is 3.22. The molecular weight excluding hydrogens is 452 g/mol. The molecule has 0 radical (unpaired) electrons. The van der Waals surface area contributed by atoms with Crippen molar-refractivity contribution in [2.75, 3.05) is 19.0 Å². The van der Waals surface area contributed by atoms with Crippen molar-refractivity contribution < 1.29 is 46.1 Å². The third-order valence-electron chi connectivity index (χ3n) is 5.29. The van der Waals surface area contributed by atoms with Crippen LogP contribution in [-0.4, -0.2) is 17.3 Å². The van der Waals surface area contributed by atoms with Gasteiger partial charge in [0.05, 0.1) is 0 Å². The van der Waals surface area contributed by atoms with Crippen LogP contribution in [0.2, 0.25) is 0 Å². The van der Waals surface area contributed by atoms with Gasteiger partial charge < -0.3 is 24.8 Å². The summed E-state index contributed by atoms with van der Waals surface area (Å²) >= 11 is -1.95. The fraction of sp³-hybridized carbons (Fsp3) is 0.261. The number of allylic oxidation sites excluding steroid dienone is 4. The molecule has 2 aliphatic rings. The minimum atomic E-state index is -1.95. The summed E-state index contributed by atoms with van der Waals surface area (Å²) < 4.78 is 5.08. The molecule has 0 bridgehead atoms. The summed E-state index contributed by atoms with van der Waals surface area (Å²) in [6.45, 7) is 4.73. The Kier molecular flexibility index (Phi) is 7.48. The summed E-state index contributed by atoms with van der Waals surface area (Å²) in [4.78, 5) is 2.27. The van der Waals surface area contributed by atoms with Crippen molar-refractivity contribution in [2.45, 2.75) is 26.7 Å². The molecule has 2 aromatic carbocycles. The van der Waals surface area contributed by atoms with Gasteiger partial charge in [-0.3, -0.25) is 0 Å². The number of benzene rings is 2. The van der Waals surface area contributed by atoms with Crippen LogP contribution < -0.4 is 33.0 Å². The van der Waals surface area contributed by atoms with Gasteiger partial charge in [0, 0.05) is 0 Å². The Morgan fingerprint density at radius 3 is 2.37 bits per heavy atom. The molecule has 0 aliphatic heterocycles. The summed E-state index contributed by atoms with van der Waals surface area (Å²) in [5.74, 6) is 0. The van der Waals surface area contributed by atoms with Gasteiger partial charge in [-0.2, -0.15) is 0 Å². The molecule has 2 aliphatic carbocycles. The predicted octanol–water partition coefficient (Wildman–Crippen LogP) is -1.37. The van der Waals surface area contributed by atoms with Gasteiger partial charge in [-0.1, -0.05) is 0 Å². The Labute approximate surface area is 183 Å². The molecule has 1 nitrogen and oxygen atoms in total. The first-order valence-corrected chi connectivity index (χ1v) is 12.7. The molecule has 0 spiro atoms. The number of fused-ring (bicyclic) bond motifs is 3. The van der Waals surface area contributed by atoms with Crippen molar-refractivity contribution in [3.8, 4) is 11.1 Å². The van der Waals surface area contributed by atoms with Crippen LogP contribution in [0.15, 0.2) is 57.9 Å².